The van der Waals surface area contributed by atoms with Gasteiger partial charge in [-0.25, -0.2) is 0 Å². The van der Waals surface area contributed by atoms with E-state index in [-0.39, 0.29) is 5.79 Å². The zero-order valence-electron chi connectivity index (χ0n) is 31.9. The van der Waals surface area contributed by atoms with Crippen LogP contribution in [0.25, 0.3) is 0 Å². The lowest BCUT2D eigenvalue weighted by Gasteiger charge is -2.31. The summed E-state index contributed by atoms with van der Waals surface area (Å²) in [5.41, 5.74) is 0. The Kier molecular flexibility index (Phi) is 25.6. The van der Waals surface area contributed by atoms with Crippen molar-refractivity contribution in [3.05, 3.63) is 48.6 Å². The van der Waals surface area contributed by atoms with Crippen molar-refractivity contribution in [1.29, 1.82) is 0 Å². The van der Waals surface area contributed by atoms with E-state index < -0.39 is 0 Å². The molecule has 0 spiro atoms. The second kappa shape index (κ2) is 28.7. The minimum absolute atomic E-state index is 0.312. The highest BCUT2D eigenvalue weighted by Crippen LogP contribution is 2.44. The molecule has 1 aliphatic heterocycles. The molecule has 1 heterocycles. The molecular weight excluding hydrogens is 574 g/mol. The van der Waals surface area contributed by atoms with Gasteiger partial charge in [-0.3, -0.25) is 0 Å². The highest BCUT2D eigenvalue weighted by atomic mass is 16.8. The molecule has 0 amide bonds. The third kappa shape index (κ3) is 21.5. The Morgan fingerprint density at radius 1 is 0.511 bits per heavy atom. The van der Waals surface area contributed by atoms with E-state index in [4.69, 9.17) is 9.47 Å². The van der Waals surface area contributed by atoms with Gasteiger partial charge in [-0.05, 0) is 103 Å². The molecule has 2 rings (SSSR count). The lowest BCUT2D eigenvalue weighted by molar-refractivity contribution is -0.186. The third-order valence-corrected chi connectivity index (χ3v) is 10.2. The van der Waals surface area contributed by atoms with Crippen LogP contribution in [-0.4, -0.2) is 43.5 Å². The number of rotatable bonds is 30. The molecule has 2 aliphatic rings. The lowest BCUT2D eigenvalue weighted by Crippen LogP contribution is -2.35. The van der Waals surface area contributed by atoms with Crippen LogP contribution in [0.3, 0.4) is 0 Å². The fraction of sp³-hybridized carbons (Fsp3) is 0.818. The van der Waals surface area contributed by atoms with Gasteiger partial charge in [0, 0.05) is 19.4 Å². The van der Waals surface area contributed by atoms with E-state index in [9.17, 15) is 0 Å². The number of hydrogen-bond acceptors (Lipinski definition) is 3. The number of hydrogen-bond donors (Lipinski definition) is 0. The third-order valence-electron chi connectivity index (χ3n) is 10.2. The Hall–Kier alpha value is -1.16. The van der Waals surface area contributed by atoms with Gasteiger partial charge in [0.2, 0.25) is 0 Å². The maximum atomic E-state index is 6.94. The molecule has 1 saturated heterocycles. The van der Waals surface area contributed by atoms with Crippen LogP contribution >= 0.6 is 0 Å². The molecule has 3 nitrogen and oxygen atoms in total. The van der Waals surface area contributed by atoms with E-state index in [0.29, 0.717) is 12.2 Å². The van der Waals surface area contributed by atoms with Gasteiger partial charge < -0.3 is 14.4 Å². The summed E-state index contributed by atoms with van der Waals surface area (Å²) in [4.78, 5) is 2.35. The van der Waals surface area contributed by atoms with Crippen molar-refractivity contribution >= 4 is 0 Å². The standard InChI is InChI=1S/C44H79NO2/c1-5-7-9-11-13-15-17-19-21-23-25-27-29-31-33-37-44(46-42-36-35-41(40-45(3)4)39-43(42)47-44)38-34-32-30-28-26-24-22-20-18-16-14-12-10-8-6-2/h11-14,17-20,41-43H,5-10,15-16,21-40H2,1-4H3/b13-11-,14-12-,19-17-,20-18-/t41-,42+,43-/m1/s1. The van der Waals surface area contributed by atoms with Crippen LogP contribution in [0.5, 0.6) is 0 Å². The quantitative estimate of drug-likeness (QED) is 0.0569. The van der Waals surface area contributed by atoms with E-state index in [0.717, 1.165) is 31.6 Å². The first-order valence-corrected chi connectivity index (χ1v) is 20.7. The van der Waals surface area contributed by atoms with E-state index in [1.807, 2.05) is 0 Å². The van der Waals surface area contributed by atoms with E-state index in [1.165, 1.54) is 154 Å². The minimum atomic E-state index is -0.312. The molecule has 0 aromatic carbocycles. The number of allylic oxidation sites excluding steroid dienone is 8. The van der Waals surface area contributed by atoms with Crippen molar-refractivity contribution in [3.63, 3.8) is 0 Å². The first-order valence-electron chi connectivity index (χ1n) is 20.7. The predicted octanol–water partition coefficient (Wildman–Crippen LogP) is 13.5. The number of nitrogens with zero attached hydrogens (tertiary/aromatic N) is 1. The van der Waals surface area contributed by atoms with Gasteiger partial charge in [-0.2, -0.15) is 0 Å². The van der Waals surface area contributed by atoms with Gasteiger partial charge in [0.1, 0.15) is 0 Å². The monoisotopic (exact) mass is 654 g/mol. The first kappa shape index (κ1) is 42.0. The van der Waals surface area contributed by atoms with Gasteiger partial charge in [0.25, 0.3) is 0 Å². The van der Waals surface area contributed by atoms with Crippen molar-refractivity contribution in [2.24, 2.45) is 5.92 Å². The van der Waals surface area contributed by atoms with Crippen LogP contribution in [0, 0.1) is 5.92 Å². The summed E-state index contributed by atoms with van der Waals surface area (Å²) in [7, 11) is 4.41. The van der Waals surface area contributed by atoms with E-state index in [1.54, 1.807) is 0 Å². The molecule has 3 atom stereocenters. The molecule has 0 aromatic heterocycles. The summed E-state index contributed by atoms with van der Waals surface area (Å²) < 4.78 is 13.8. The molecule has 272 valence electrons. The summed E-state index contributed by atoms with van der Waals surface area (Å²) in [5, 5.41) is 0. The van der Waals surface area contributed by atoms with Gasteiger partial charge in [0.05, 0.1) is 12.2 Å². The Labute approximate surface area is 294 Å². The average Bonchev–Trinajstić information content (AvgIpc) is 3.42. The summed E-state index contributed by atoms with van der Waals surface area (Å²) >= 11 is 0. The zero-order valence-corrected chi connectivity index (χ0v) is 31.9. The van der Waals surface area contributed by atoms with Crippen LogP contribution in [0.1, 0.15) is 187 Å². The molecule has 3 heteroatoms. The van der Waals surface area contributed by atoms with Gasteiger partial charge in [-0.1, -0.05) is 140 Å². The molecule has 0 radical (unpaired) electrons. The highest BCUT2D eigenvalue weighted by Gasteiger charge is 2.48. The molecule has 47 heavy (non-hydrogen) atoms. The molecule has 0 bridgehead atoms. The van der Waals surface area contributed by atoms with Crippen molar-refractivity contribution in [1.82, 2.24) is 4.90 Å². The zero-order chi connectivity index (χ0) is 33.7. The largest absolute Gasteiger partial charge is 0.344 e. The summed E-state index contributed by atoms with van der Waals surface area (Å²) in [6, 6.07) is 0. The fourth-order valence-electron chi connectivity index (χ4n) is 7.45. The van der Waals surface area contributed by atoms with Gasteiger partial charge in [0.15, 0.2) is 5.79 Å². The van der Waals surface area contributed by atoms with E-state index in [2.05, 4.69) is 81.5 Å². The molecule has 0 N–H and O–H groups in total. The Balaban J connectivity index is 1.62. The predicted molar refractivity (Wildman–Crippen MR) is 207 cm³/mol. The lowest BCUT2D eigenvalue weighted by atomic mass is 9.85. The molecule has 1 aliphatic carbocycles. The molecular formula is C44H79NO2. The average molecular weight is 654 g/mol. The molecule has 2 fully saturated rings. The second-order valence-electron chi connectivity index (χ2n) is 15.1. The molecule has 1 saturated carbocycles. The maximum Gasteiger partial charge on any atom is 0.169 e. The minimum Gasteiger partial charge on any atom is -0.344 e. The SMILES string of the molecule is CCCC/C=C\C/C=C\CCCCCCCCC1(CCCCCCCC/C=C\C/C=C\CCCC)O[C@H]2CC[C@@H](CN(C)C)C[C@H]2O1. The van der Waals surface area contributed by atoms with Gasteiger partial charge >= 0.3 is 0 Å². The number of ether oxygens (including phenoxy) is 2. The van der Waals surface area contributed by atoms with Crippen molar-refractivity contribution < 1.29 is 9.47 Å². The van der Waals surface area contributed by atoms with Gasteiger partial charge in [-0.15, -0.1) is 0 Å². The van der Waals surface area contributed by atoms with Crippen LogP contribution in [-0.2, 0) is 9.47 Å². The first-order chi connectivity index (χ1) is 23.1. The Morgan fingerprint density at radius 2 is 0.936 bits per heavy atom. The Morgan fingerprint density at radius 3 is 1.40 bits per heavy atom. The fourth-order valence-corrected chi connectivity index (χ4v) is 7.45. The van der Waals surface area contributed by atoms with Crippen LogP contribution in [0.4, 0.5) is 0 Å². The molecule has 0 aromatic rings. The molecule has 0 unspecified atom stereocenters. The van der Waals surface area contributed by atoms with Crippen molar-refractivity contribution in [2.45, 2.75) is 205 Å². The topological polar surface area (TPSA) is 21.7 Å². The smallest absolute Gasteiger partial charge is 0.169 e. The maximum absolute atomic E-state index is 6.94. The second-order valence-corrected chi connectivity index (χ2v) is 15.1. The van der Waals surface area contributed by atoms with Crippen molar-refractivity contribution in [2.75, 3.05) is 20.6 Å². The normalized spacial score (nSPS) is 21.4. The number of unbranched alkanes of at least 4 members (excludes halogenated alkanes) is 16. The van der Waals surface area contributed by atoms with Crippen molar-refractivity contribution in [3.8, 4) is 0 Å². The van der Waals surface area contributed by atoms with Crippen LogP contribution in [0.15, 0.2) is 48.6 Å². The Bertz CT molecular complexity index is 781. The summed E-state index contributed by atoms with van der Waals surface area (Å²) in [5.74, 6) is 0.438. The summed E-state index contributed by atoms with van der Waals surface area (Å²) in [6.45, 7) is 5.70. The summed E-state index contributed by atoms with van der Waals surface area (Å²) in [6.07, 6.45) is 53.5. The number of fused-ring (bicyclic) bond motifs is 1. The van der Waals surface area contributed by atoms with Crippen LogP contribution in [0.2, 0.25) is 0 Å². The van der Waals surface area contributed by atoms with E-state index >= 15 is 0 Å². The highest BCUT2D eigenvalue weighted by molar-refractivity contribution is 4.94. The van der Waals surface area contributed by atoms with Crippen LogP contribution < -0.4 is 0 Å².